The highest BCUT2D eigenvalue weighted by Crippen LogP contribution is 2.12. The maximum Gasteiger partial charge on any atom is 0.0459 e. The zero-order valence-corrected chi connectivity index (χ0v) is 9.20. The van der Waals surface area contributed by atoms with Crippen LogP contribution in [-0.4, -0.2) is 11.7 Å². The number of aliphatic hydroxyl groups excluding tert-OH is 1. The predicted molar refractivity (Wildman–Crippen MR) is 56.9 cm³/mol. The minimum atomic E-state index is 0. The van der Waals surface area contributed by atoms with Gasteiger partial charge in [-0.3, -0.25) is 0 Å². The lowest BCUT2D eigenvalue weighted by atomic mass is 9.99. The molecular weight excluding hydrogens is 172 g/mol. The fraction of sp³-hybridized carbons (Fsp3) is 1.00. The van der Waals surface area contributed by atoms with Gasteiger partial charge in [0, 0.05) is 6.61 Å². The largest absolute Gasteiger partial charge is 0.396 e. The Kier molecular flexibility index (Phi) is 13.8. The second-order valence-electron chi connectivity index (χ2n) is 3.31. The molecule has 0 radical (unpaired) electrons. The third-order valence-corrected chi connectivity index (χ3v) is 2.30. The van der Waals surface area contributed by atoms with Crippen LogP contribution in [0.2, 0.25) is 0 Å². The number of unbranched alkanes of at least 4 members (excludes halogenated alkanes) is 3. The van der Waals surface area contributed by atoms with Gasteiger partial charge in [-0.1, -0.05) is 46.0 Å². The lowest BCUT2D eigenvalue weighted by Gasteiger charge is -2.09. The van der Waals surface area contributed by atoms with Gasteiger partial charge in [0.2, 0.25) is 0 Å². The average Bonchev–Trinajstić information content (AvgIpc) is 2.05. The Morgan fingerprint density at radius 1 is 1.08 bits per heavy atom. The molecule has 0 heterocycles. The van der Waals surface area contributed by atoms with E-state index in [4.69, 9.17) is 5.11 Å². The second-order valence-corrected chi connectivity index (χ2v) is 3.31. The number of aliphatic hydroxyl groups is 1. The van der Waals surface area contributed by atoms with Crippen molar-refractivity contribution in [3.63, 3.8) is 0 Å². The molecule has 1 atom stereocenters. The summed E-state index contributed by atoms with van der Waals surface area (Å²) >= 11 is 0. The van der Waals surface area contributed by atoms with E-state index in [9.17, 15) is 0 Å². The number of rotatable bonds is 7. The van der Waals surface area contributed by atoms with Crippen LogP contribution in [0.4, 0.5) is 0 Å². The zero-order valence-electron chi connectivity index (χ0n) is 8.38. The molecule has 0 bridgehead atoms. The van der Waals surface area contributed by atoms with E-state index in [1.165, 1.54) is 32.1 Å². The van der Waals surface area contributed by atoms with Crippen LogP contribution >= 0.6 is 12.4 Å². The van der Waals surface area contributed by atoms with Gasteiger partial charge in [0.15, 0.2) is 0 Å². The summed E-state index contributed by atoms with van der Waals surface area (Å²) in [5.41, 5.74) is 0. The van der Waals surface area contributed by atoms with Gasteiger partial charge in [0.25, 0.3) is 0 Å². The van der Waals surface area contributed by atoms with Crippen molar-refractivity contribution in [2.24, 2.45) is 5.92 Å². The number of hydrogen-bond donors (Lipinski definition) is 1. The van der Waals surface area contributed by atoms with Crippen LogP contribution in [0.1, 0.15) is 52.4 Å². The van der Waals surface area contributed by atoms with Gasteiger partial charge in [-0.25, -0.2) is 0 Å². The first-order chi connectivity index (χ1) is 5.35. The van der Waals surface area contributed by atoms with Crippen LogP contribution < -0.4 is 0 Å². The fourth-order valence-electron chi connectivity index (χ4n) is 1.28. The van der Waals surface area contributed by atoms with Gasteiger partial charge in [0.1, 0.15) is 0 Å². The Morgan fingerprint density at radius 2 is 1.75 bits per heavy atom. The summed E-state index contributed by atoms with van der Waals surface area (Å²) in [5, 5.41) is 8.88. The molecule has 0 saturated carbocycles. The molecule has 12 heavy (non-hydrogen) atoms. The van der Waals surface area contributed by atoms with Gasteiger partial charge in [-0.2, -0.15) is 0 Å². The first-order valence-corrected chi connectivity index (χ1v) is 4.96. The van der Waals surface area contributed by atoms with E-state index in [0.717, 1.165) is 6.42 Å². The SMILES string of the molecule is CCCCCCC(CC)CO.Cl. The van der Waals surface area contributed by atoms with Crippen molar-refractivity contribution in [2.45, 2.75) is 52.4 Å². The van der Waals surface area contributed by atoms with E-state index in [1.54, 1.807) is 0 Å². The Hall–Kier alpha value is 0.250. The molecule has 0 aliphatic heterocycles. The Morgan fingerprint density at radius 3 is 2.17 bits per heavy atom. The topological polar surface area (TPSA) is 20.2 Å². The molecule has 1 nitrogen and oxygen atoms in total. The number of halogens is 1. The monoisotopic (exact) mass is 194 g/mol. The maximum atomic E-state index is 8.88. The van der Waals surface area contributed by atoms with Crippen LogP contribution in [0.15, 0.2) is 0 Å². The van der Waals surface area contributed by atoms with Crippen molar-refractivity contribution in [3.8, 4) is 0 Å². The summed E-state index contributed by atoms with van der Waals surface area (Å²) in [6, 6.07) is 0. The van der Waals surface area contributed by atoms with Crippen molar-refractivity contribution < 1.29 is 5.11 Å². The smallest absolute Gasteiger partial charge is 0.0459 e. The minimum absolute atomic E-state index is 0. The van der Waals surface area contributed by atoms with Gasteiger partial charge >= 0.3 is 0 Å². The molecule has 0 aromatic rings. The summed E-state index contributed by atoms with van der Waals surface area (Å²) in [6.45, 7) is 4.76. The van der Waals surface area contributed by atoms with Crippen LogP contribution in [0.25, 0.3) is 0 Å². The summed E-state index contributed by atoms with van der Waals surface area (Å²) in [5.74, 6) is 0.562. The molecule has 0 aromatic heterocycles. The molecule has 0 rings (SSSR count). The van der Waals surface area contributed by atoms with Crippen LogP contribution in [-0.2, 0) is 0 Å². The van der Waals surface area contributed by atoms with Gasteiger partial charge < -0.3 is 5.11 Å². The highest BCUT2D eigenvalue weighted by Gasteiger charge is 2.02. The minimum Gasteiger partial charge on any atom is -0.396 e. The second kappa shape index (κ2) is 11.2. The molecule has 0 aliphatic rings. The molecule has 2 heteroatoms. The Bertz CT molecular complexity index is 72.2. The number of hydrogen-bond acceptors (Lipinski definition) is 1. The van der Waals surface area contributed by atoms with Crippen molar-refractivity contribution in [1.82, 2.24) is 0 Å². The third-order valence-electron chi connectivity index (χ3n) is 2.30. The molecule has 0 fully saturated rings. The summed E-state index contributed by atoms with van der Waals surface area (Å²) in [4.78, 5) is 0. The third kappa shape index (κ3) is 8.35. The van der Waals surface area contributed by atoms with Crippen molar-refractivity contribution >= 4 is 12.4 Å². The quantitative estimate of drug-likeness (QED) is 0.616. The van der Waals surface area contributed by atoms with Gasteiger partial charge in [-0.05, 0) is 12.3 Å². The average molecular weight is 195 g/mol. The maximum absolute atomic E-state index is 8.88. The highest BCUT2D eigenvalue weighted by molar-refractivity contribution is 5.85. The lowest BCUT2D eigenvalue weighted by molar-refractivity contribution is 0.211. The van der Waals surface area contributed by atoms with Crippen LogP contribution in [0.5, 0.6) is 0 Å². The van der Waals surface area contributed by atoms with Crippen LogP contribution in [0, 0.1) is 5.92 Å². The predicted octanol–water partition coefficient (Wildman–Crippen LogP) is 3.40. The van der Waals surface area contributed by atoms with Gasteiger partial charge in [-0.15, -0.1) is 12.4 Å². The summed E-state index contributed by atoms with van der Waals surface area (Å²) in [6.07, 6.45) is 7.63. The Balaban J connectivity index is 0. The van der Waals surface area contributed by atoms with Gasteiger partial charge in [0.05, 0.1) is 0 Å². The standard InChI is InChI=1S/C10H22O.ClH/c1-3-5-6-7-8-10(4-2)9-11;/h10-11H,3-9H2,1-2H3;1H. The summed E-state index contributed by atoms with van der Waals surface area (Å²) in [7, 11) is 0. The normalized spacial score (nSPS) is 12.2. The molecule has 0 aromatic carbocycles. The van der Waals surface area contributed by atoms with E-state index in [-0.39, 0.29) is 12.4 Å². The van der Waals surface area contributed by atoms with Crippen molar-refractivity contribution in [3.05, 3.63) is 0 Å². The molecule has 0 spiro atoms. The fourth-order valence-corrected chi connectivity index (χ4v) is 1.28. The van der Waals surface area contributed by atoms with Crippen LogP contribution in [0.3, 0.4) is 0 Å². The highest BCUT2D eigenvalue weighted by atomic mass is 35.5. The van der Waals surface area contributed by atoms with Crippen molar-refractivity contribution in [2.75, 3.05) is 6.61 Å². The molecule has 0 aliphatic carbocycles. The van der Waals surface area contributed by atoms with E-state index in [1.807, 2.05) is 0 Å². The molecular formula is C10H23ClO. The molecule has 1 unspecified atom stereocenters. The van der Waals surface area contributed by atoms with E-state index in [0.29, 0.717) is 12.5 Å². The lowest BCUT2D eigenvalue weighted by Crippen LogP contribution is -2.03. The zero-order chi connectivity index (χ0) is 8.53. The van der Waals surface area contributed by atoms with Crippen molar-refractivity contribution in [1.29, 1.82) is 0 Å². The summed E-state index contributed by atoms with van der Waals surface area (Å²) < 4.78 is 0. The molecule has 76 valence electrons. The van der Waals surface area contributed by atoms with E-state index < -0.39 is 0 Å². The van der Waals surface area contributed by atoms with E-state index in [2.05, 4.69) is 13.8 Å². The molecule has 0 saturated heterocycles. The first kappa shape index (κ1) is 14.8. The molecule has 1 N–H and O–H groups in total. The first-order valence-electron chi connectivity index (χ1n) is 4.96. The Labute approximate surface area is 83.0 Å². The molecule has 0 amide bonds. The van der Waals surface area contributed by atoms with E-state index >= 15 is 0 Å².